The van der Waals surface area contributed by atoms with E-state index in [2.05, 4.69) is 10.6 Å². The van der Waals surface area contributed by atoms with Crippen LogP contribution in [0.2, 0.25) is 0 Å². The van der Waals surface area contributed by atoms with Gasteiger partial charge in [0, 0.05) is 45.8 Å². The highest BCUT2D eigenvalue weighted by Gasteiger charge is 2.37. The zero-order valence-corrected chi connectivity index (χ0v) is 19.2. The van der Waals surface area contributed by atoms with Gasteiger partial charge in [-0.25, -0.2) is 8.42 Å². The van der Waals surface area contributed by atoms with Gasteiger partial charge in [0.2, 0.25) is 21.8 Å². The van der Waals surface area contributed by atoms with Crippen LogP contribution >= 0.6 is 0 Å². The average molecular weight is 460 g/mol. The highest BCUT2D eigenvalue weighted by atomic mass is 32.2. The first kappa shape index (κ1) is 23.9. The number of fused-ring (bicyclic) bond motifs is 1. The number of hydrogen-bond acceptors (Lipinski definition) is 5. The summed E-state index contributed by atoms with van der Waals surface area (Å²) in [4.78, 5) is 24.0. The van der Waals surface area contributed by atoms with Crippen LogP contribution in [-0.2, 0) is 30.8 Å². The standard InChI is InChI=1S/C23H29N3O5S/c1-17(27)25-19-8-10-20(11-9-19)32(29,30)26-14-12-18-6-3-4-7-21(18)22(26)16-23(28)24-13-5-15-31-2/h3-4,6-11,22H,5,12-16H2,1-2H3,(H,24,28)(H,25,27). The summed E-state index contributed by atoms with van der Waals surface area (Å²) >= 11 is 0. The number of benzene rings is 2. The summed E-state index contributed by atoms with van der Waals surface area (Å²) in [6.45, 7) is 2.69. The van der Waals surface area contributed by atoms with Crippen molar-refractivity contribution in [3.8, 4) is 0 Å². The Balaban J connectivity index is 1.85. The maximum atomic E-state index is 13.5. The Hall–Kier alpha value is -2.75. The van der Waals surface area contributed by atoms with Crippen LogP contribution < -0.4 is 10.6 Å². The fourth-order valence-electron chi connectivity index (χ4n) is 3.87. The lowest BCUT2D eigenvalue weighted by Crippen LogP contribution is -2.42. The summed E-state index contributed by atoms with van der Waals surface area (Å²) in [5.41, 5.74) is 2.42. The number of ether oxygens (including phenoxy) is 1. The molecule has 1 aliphatic heterocycles. The summed E-state index contributed by atoms with van der Waals surface area (Å²) < 4.78 is 33.4. The largest absolute Gasteiger partial charge is 0.385 e. The molecule has 0 bridgehead atoms. The Morgan fingerprint density at radius 1 is 1.12 bits per heavy atom. The van der Waals surface area contributed by atoms with E-state index < -0.39 is 16.1 Å². The molecule has 32 heavy (non-hydrogen) atoms. The van der Waals surface area contributed by atoms with E-state index in [0.29, 0.717) is 31.7 Å². The van der Waals surface area contributed by atoms with E-state index in [9.17, 15) is 18.0 Å². The van der Waals surface area contributed by atoms with Crippen LogP contribution in [0.25, 0.3) is 0 Å². The third-order valence-electron chi connectivity index (χ3n) is 5.37. The second kappa shape index (κ2) is 10.7. The summed E-state index contributed by atoms with van der Waals surface area (Å²) in [5, 5.41) is 5.48. The predicted molar refractivity (Wildman–Crippen MR) is 122 cm³/mol. The van der Waals surface area contributed by atoms with Crippen LogP contribution in [0.15, 0.2) is 53.4 Å². The molecule has 2 aromatic carbocycles. The lowest BCUT2D eigenvalue weighted by atomic mass is 9.92. The van der Waals surface area contributed by atoms with Gasteiger partial charge in [0.1, 0.15) is 0 Å². The number of methoxy groups -OCH3 is 1. The van der Waals surface area contributed by atoms with Gasteiger partial charge in [-0.05, 0) is 48.2 Å². The molecule has 0 aromatic heterocycles. The zero-order chi connectivity index (χ0) is 23.1. The number of carbonyl (C=O) groups is 2. The molecule has 1 atom stereocenters. The van der Waals surface area contributed by atoms with Crippen LogP contribution in [0.3, 0.4) is 0 Å². The molecule has 1 unspecified atom stereocenters. The molecule has 2 aromatic rings. The molecule has 3 rings (SSSR count). The number of hydrogen-bond donors (Lipinski definition) is 2. The molecule has 1 heterocycles. The molecular formula is C23H29N3O5S. The maximum absolute atomic E-state index is 13.5. The van der Waals surface area contributed by atoms with Gasteiger partial charge in [-0.15, -0.1) is 0 Å². The molecule has 8 nitrogen and oxygen atoms in total. The monoisotopic (exact) mass is 459 g/mol. The maximum Gasteiger partial charge on any atom is 0.243 e. The van der Waals surface area contributed by atoms with Gasteiger partial charge in [-0.3, -0.25) is 9.59 Å². The van der Waals surface area contributed by atoms with Gasteiger partial charge in [-0.1, -0.05) is 24.3 Å². The smallest absolute Gasteiger partial charge is 0.243 e. The Labute approximate surface area is 189 Å². The lowest BCUT2D eigenvalue weighted by Gasteiger charge is -2.36. The van der Waals surface area contributed by atoms with E-state index >= 15 is 0 Å². The second-order valence-corrected chi connectivity index (χ2v) is 9.58. The average Bonchev–Trinajstić information content (AvgIpc) is 2.77. The van der Waals surface area contributed by atoms with E-state index in [0.717, 1.165) is 11.1 Å². The topological polar surface area (TPSA) is 105 Å². The van der Waals surface area contributed by atoms with Crippen molar-refractivity contribution in [2.45, 2.75) is 37.1 Å². The van der Waals surface area contributed by atoms with E-state index in [1.165, 1.54) is 23.4 Å². The summed E-state index contributed by atoms with van der Waals surface area (Å²) in [5.74, 6) is -0.436. The molecule has 2 N–H and O–H groups in total. The van der Waals surface area contributed by atoms with Crippen molar-refractivity contribution in [3.05, 3.63) is 59.7 Å². The van der Waals surface area contributed by atoms with Crippen molar-refractivity contribution in [2.24, 2.45) is 0 Å². The third kappa shape index (κ3) is 5.73. The van der Waals surface area contributed by atoms with E-state index in [1.54, 1.807) is 19.2 Å². The fraction of sp³-hybridized carbons (Fsp3) is 0.391. The number of anilines is 1. The molecule has 1 aliphatic rings. The first-order valence-electron chi connectivity index (χ1n) is 10.6. The minimum Gasteiger partial charge on any atom is -0.385 e. The molecule has 2 amide bonds. The Kier molecular flexibility index (Phi) is 8.00. The van der Waals surface area contributed by atoms with Crippen molar-refractivity contribution in [1.29, 1.82) is 0 Å². The van der Waals surface area contributed by atoms with Crippen molar-refractivity contribution in [1.82, 2.24) is 9.62 Å². The summed E-state index contributed by atoms with van der Waals surface area (Å²) in [6, 6.07) is 13.1. The minimum atomic E-state index is -3.85. The lowest BCUT2D eigenvalue weighted by molar-refractivity contribution is -0.122. The molecule has 0 fully saturated rings. The van der Waals surface area contributed by atoms with Crippen LogP contribution in [0.5, 0.6) is 0 Å². The molecule has 9 heteroatoms. The van der Waals surface area contributed by atoms with Crippen molar-refractivity contribution in [2.75, 3.05) is 32.1 Å². The molecular weight excluding hydrogens is 430 g/mol. The SMILES string of the molecule is COCCCNC(=O)CC1c2ccccc2CCN1S(=O)(=O)c1ccc(NC(C)=O)cc1. The number of nitrogens with zero attached hydrogens (tertiary/aromatic N) is 1. The van der Waals surface area contributed by atoms with Gasteiger partial charge in [0.15, 0.2) is 0 Å². The molecule has 0 saturated carbocycles. The van der Waals surface area contributed by atoms with Gasteiger partial charge in [-0.2, -0.15) is 4.31 Å². The quantitative estimate of drug-likeness (QED) is 0.561. The summed E-state index contributed by atoms with van der Waals surface area (Å²) in [6.07, 6.45) is 1.30. The molecule has 172 valence electrons. The van der Waals surface area contributed by atoms with Crippen LogP contribution in [-0.4, -0.2) is 51.3 Å². The first-order chi connectivity index (χ1) is 15.3. The van der Waals surface area contributed by atoms with Crippen LogP contribution in [0, 0.1) is 0 Å². The zero-order valence-electron chi connectivity index (χ0n) is 18.3. The second-order valence-electron chi connectivity index (χ2n) is 7.69. The van der Waals surface area contributed by atoms with Gasteiger partial charge in [0.25, 0.3) is 0 Å². The molecule has 0 saturated heterocycles. The third-order valence-corrected chi connectivity index (χ3v) is 7.29. The predicted octanol–water partition coefficient (Wildman–Crippen LogP) is 2.48. The summed E-state index contributed by atoms with van der Waals surface area (Å²) in [7, 11) is -2.25. The number of amides is 2. The molecule has 0 radical (unpaired) electrons. The first-order valence-corrected chi connectivity index (χ1v) is 12.0. The van der Waals surface area contributed by atoms with Crippen molar-refractivity contribution in [3.63, 3.8) is 0 Å². The molecule has 0 spiro atoms. The van der Waals surface area contributed by atoms with Crippen LogP contribution in [0.1, 0.15) is 36.9 Å². The highest BCUT2D eigenvalue weighted by molar-refractivity contribution is 7.89. The van der Waals surface area contributed by atoms with Gasteiger partial charge >= 0.3 is 0 Å². The van der Waals surface area contributed by atoms with Gasteiger partial charge < -0.3 is 15.4 Å². The van der Waals surface area contributed by atoms with Gasteiger partial charge in [0.05, 0.1) is 10.9 Å². The Bertz CT molecular complexity index is 1050. The number of nitrogens with one attached hydrogen (secondary N) is 2. The van der Waals surface area contributed by atoms with Crippen molar-refractivity contribution < 1.29 is 22.7 Å². The molecule has 0 aliphatic carbocycles. The van der Waals surface area contributed by atoms with Crippen LogP contribution in [0.4, 0.5) is 5.69 Å². The Morgan fingerprint density at radius 3 is 2.53 bits per heavy atom. The fourth-order valence-corrected chi connectivity index (χ4v) is 5.47. The van der Waals surface area contributed by atoms with E-state index in [4.69, 9.17) is 4.74 Å². The number of sulfonamides is 1. The van der Waals surface area contributed by atoms with E-state index in [1.807, 2.05) is 24.3 Å². The normalized spacial score (nSPS) is 16.2. The minimum absolute atomic E-state index is 0.0349. The van der Waals surface area contributed by atoms with Crippen molar-refractivity contribution >= 4 is 27.5 Å². The number of carbonyl (C=O) groups excluding carboxylic acids is 2. The highest BCUT2D eigenvalue weighted by Crippen LogP contribution is 2.36. The van der Waals surface area contributed by atoms with E-state index in [-0.39, 0.29) is 29.7 Å². The number of rotatable bonds is 9. The Morgan fingerprint density at radius 2 is 1.84 bits per heavy atom.